The van der Waals surface area contributed by atoms with Gasteiger partial charge in [0.15, 0.2) is 0 Å². The van der Waals surface area contributed by atoms with Gasteiger partial charge in [-0.25, -0.2) is 13.1 Å². The van der Waals surface area contributed by atoms with Crippen molar-refractivity contribution in [3.8, 4) is 0 Å². The fourth-order valence-electron chi connectivity index (χ4n) is 3.92. The second-order valence-electron chi connectivity index (χ2n) is 7.92. The third kappa shape index (κ3) is 5.20. The van der Waals surface area contributed by atoms with Crippen molar-refractivity contribution in [3.05, 3.63) is 82.0 Å². The van der Waals surface area contributed by atoms with E-state index in [1.165, 1.54) is 42.0 Å². The minimum absolute atomic E-state index is 0.0887. The second kappa shape index (κ2) is 9.85. The summed E-state index contributed by atoms with van der Waals surface area (Å²) in [5.74, 6) is -0.212. The summed E-state index contributed by atoms with van der Waals surface area (Å²) in [7, 11) is -1.97. The number of nitrogens with one attached hydrogen (secondary N) is 1. The average Bonchev–Trinajstić information content (AvgIpc) is 3.52. The number of benzene rings is 2. The lowest BCUT2D eigenvalue weighted by atomic mass is 10.1. The molecule has 8 heteroatoms. The van der Waals surface area contributed by atoms with E-state index >= 15 is 0 Å². The number of carbonyl (C=O) groups excluding carboxylic acids is 1. The summed E-state index contributed by atoms with van der Waals surface area (Å²) in [5, 5.41) is 1.90. The third-order valence-electron chi connectivity index (χ3n) is 5.60. The van der Waals surface area contributed by atoms with Crippen LogP contribution < -0.4 is 9.62 Å². The molecule has 1 aromatic heterocycles. The maximum absolute atomic E-state index is 13.1. The smallest absolute Gasteiger partial charge is 0.253 e. The molecule has 2 aromatic carbocycles. The molecule has 0 atom stereocenters. The van der Waals surface area contributed by atoms with Crippen LogP contribution in [0, 0.1) is 0 Å². The normalized spacial score (nSPS) is 14.0. The van der Waals surface area contributed by atoms with Crippen molar-refractivity contribution in [2.45, 2.75) is 30.8 Å². The lowest BCUT2D eigenvalue weighted by Crippen LogP contribution is -2.28. The highest BCUT2D eigenvalue weighted by atomic mass is 32.2. The molecule has 2 heterocycles. The van der Waals surface area contributed by atoms with Crippen molar-refractivity contribution in [1.29, 1.82) is 0 Å². The van der Waals surface area contributed by atoms with Crippen molar-refractivity contribution in [2.24, 2.45) is 0 Å². The molecular weight excluding hydrogens is 442 g/mol. The summed E-state index contributed by atoms with van der Waals surface area (Å²) in [6, 6.07) is 18.1. The number of anilines is 1. The lowest BCUT2D eigenvalue weighted by molar-refractivity contribution is 0.0785. The Morgan fingerprint density at radius 2 is 1.84 bits per heavy atom. The fourth-order valence-corrected chi connectivity index (χ4v) is 5.71. The number of para-hydroxylation sites is 1. The number of rotatable bonds is 8. The van der Waals surface area contributed by atoms with Gasteiger partial charge in [0.2, 0.25) is 10.0 Å². The number of nitrogens with zero attached hydrogens (tertiary/aromatic N) is 2. The Morgan fingerprint density at radius 3 is 2.59 bits per heavy atom. The number of amides is 1. The Labute approximate surface area is 193 Å². The Balaban J connectivity index is 1.48. The highest BCUT2D eigenvalue weighted by Crippen LogP contribution is 2.26. The van der Waals surface area contributed by atoms with Crippen molar-refractivity contribution >= 4 is 33.0 Å². The first-order valence-corrected chi connectivity index (χ1v) is 13.0. The zero-order valence-corrected chi connectivity index (χ0v) is 19.7. The third-order valence-corrected chi connectivity index (χ3v) is 7.88. The van der Waals surface area contributed by atoms with Gasteiger partial charge in [-0.3, -0.25) is 4.79 Å². The van der Waals surface area contributed by atoms with Gasteiger partial charge < -0.3 is 9.80 Å². The molecule has 4 rings (SSSR count). The molecule has 1 fully saturated rings. The highest BCUT2D eigenvalue weighted by molar-refractivity contribution is 7.89. The number of carbonyl (C=O) groups is 1. The first-order chi connectivity index (χ1) is 15.4. The molecule has 0 radical (unpaired) electrons. The van der Waals surface area contributed by atoms with Gasteiger partial charge in [-0.2, -0.15) is 0 Å². The summed E-state index contributed by atoms with van der Waals surface area (Å²) in [6.45, 7) is 2.75. The van der Waals surface area contributed by atoms with Crippen LogP contribution in [-0.2, 0) is 23.1 Å². The summed E-state index contributed by atoms with van der Waals surface area (Å²) < 4.78 is 28.0. The fraction of sp³-hybridized carbons (Fsp3) is 0.292. The largest absolute Gasteiger partial charge is 0.371 e. The maximum Gasteiger partial charge on any atom is 0.253 e. The van der Waals surface area contributed by atoms with E-state index in [2.05, 4.69) is 15.7 Å². The monoisotopic (exact) mass is 469 g/mol. The van der Waals surface area contributed by atoms with Crippen LogP contribution in [0.5, 0.6) is 0 Å². The molecule has 6 nitrogen and oxygen atoms in total. The molecule has 1 saturated heterocycles. The van der Waals surface area contributed by atoms with Crippen LogP contribution >= 0.6 is 11.3 Å². The van der Waals surface area contributed by atoms with E-state index in [9.17, 15) is 13.2 Å². The van der Waals surface area contributed by atoms with Gasteiger partial charge >= 0.3 is 0 Å². The summed E-state index contributed by atoms with van der Waals surface area (Å²) in [5.41, 5.74) is 2.61. The SMILES string of the molecule is CN(Cc1ccccc1N1CCCC1)C(=O)c1cccc(S(=O)(=O)NCc2cccs2)c1. The van der Waals surface area contributed by atoms with E-state index in [1.807, 2.05) is 35.7 Å². The quantitative estimate of drug-likeness (QED) is 0.539. The van der Waals surface area contributed by atoms with Crippen LogP contribution in [0.2, 0.25) is 0 Å². The Hall–Kier alpha value is -2.68. The summed E-state index contributed by atoms with van der Waals surface area (Å²) in [6.07, 6.45) is 2.37. The van der Waals surface area contributed by atoms with Crippen LogP contribution in [0.1, 0.15) is 33.6 Å². The van der Waals surface area contributed by atoms with Gasteiger partial charge in [0, 0.05) is 49.4 Å². The Bertz CT molecular complexity index is 1170. The Kier molecular flexibility index (Phi) is 6.93. The molecule has 0 unspecified atom stereocenters. The van der Waals surface area contributed by atoms with Gasteiger partial charge in [-0.05, 0) is 54.1 Å². The van der Waals surface area contributed by atoms with Crippen LogP contribution in [0.3, 0.4) is 0 Å². The van der Waals surface area contributed by atoms with E-state index in [-0.39, 0.29) is 17.3 Å². The lowest BCUT2D eigenvalue weighted by Gasteiger charge is -2.24. The van der Waals surface area contributed by atoms with Crippen LogP contribution in [0.4, 0.5) is 5.69 Å². The molecule has 32 heavy (non-hydrogen) atoms. The van der Waals surface area contributed by atoms with Gasteiger partial charge in [0.25, 0.3) is 5.91 Å². The Morgan fingerprint density at radius 1 is 1.06 bits per heavy atom. The van der Waals surface area contributed by atoms with Crippen LogP contribution in [0.25, 0.3) is 0 Å². The average molecular weight is 470 g/mol. The van der Waals surface area contributed by atoms with Crippen molar-refractivity contribution in [1.82, 2.24) is 9.62 Å². The molecule has 1 N–H and O–H groups in total. The van der Waals surface area contributed by atoms with E-state index in [4.69, 9.17) is 0 Å². The predicted octanol–water partition coefficient (Wildman–Crippen LogP) is 4.10. The van der Waals surface area contributed by atoms with Crippen molar-refractivity contribution in [2.75, 3.05) is 25.0 Å². The van der Waals surface area contributed by atoms with Gasteiger partial charge in [0.05, 0.1) is 4.90 Å². The molecule has 0 saturated carbocycles. The van der Waals surface area contributed by atoms with E-state index in [0.29, 0.717) is 12.1 Å². The van der Waals surface area contributed by atoms with Gasteiger partial charge in [0.1, 0.15) is 0 Å². The zero-order chi connectivity index (χ0) is 22.6. The molecule has 1 amide bonds. The molecule has 1 aliphatic rings. The molecule has 0 aliphatic carbocycles. The topological polar surface area (TPSA) is 69.7 Å². The first-order valence-electron chi connectivity index (χ1n) is 10.6. The van der Waals surface area contributed by atoms with E-state index in [1.54, 1.807) is 24.1 Å². The number of sulfonamides is 1. The van der Waals surface area contributed by atoms with Crippen molar-refractivity contribution < 1.29 is 13.2 Å². The van der Waals surface area contributed by atoms with Crippen LogP contribution in [0.15, 0.2) is 70.9 Å². The molecule has 168 valence electrons. The predicted molar refractivity (Wildman–Crippen MR) is 128 cm³/mol. The molecule has 0 bridgehead atoms. The maximum atomic E-state index is 13.1. The summed E-state index contributed by atoms with van der Waals surface area (Å²) in [4.78, 5) is 18.1. The van der Waals surface area contributed by atoms with Crippen LogP contribution in [-0.4, -0.2) is 39.4 Å². The van der Waals surface area contributed by atoms with E-state index in [0.717, 1.165) is 23.5 Å². The molecule has 3 aromatic rings. The number of thiophene rings is 1. The first kappa shape index (κ1) is 22.5. The van der Waals surface area contributed by atoms with Gasteiger partial charge in [-0.1, -0.05) is 30.3 Å². The zero-order valence-electron chi connectivity index (χ0n) is 18.0. The second-order valence-corrected chi connectivity index (χ2v) is 10.7. The standard InChI is InChI=1S/C24H27N3O3S2/c1-26(18-20-8-2-3-12-23(20)27-13-4-5-14-27)24(28)19-9-6-11-22(16-19)32(29,30)25-17-21-10-7-15-31-21/h2-3,6-12,15-16,25H,4-5,13-14,17-18H2,1H3. The van der Waals surface area contributed by atoms with Crippen molar-refractivity contribution in [3.63, 3.8) is 0 Å². The van der Waals surface area contributed by atoms with E-state index < -0.39 is 10.0 Å². The van der Waals surface area contributed by atoms with Gasteiger partial charge in [-0.15, -0.1) is 11.3 Å². The molecule has 1 aliphatic heterocycles. The molecular formula is C24H27N3O3S2. The minimum Gasteiger partial charge on any atom is -0.371 e. The highest BCUT2D eigenvalue weighted by Gasteiger charge is 2.20. The summed E-state index contributed by atoms with van der Waals surface area (Å²) >= 11 is 1.49. The number of hydrogen-bond acceptors (Lipinski definition) is 5. The molecule has 0 spiro atoms. The number of hydrogen-bond donors (Lipinski definition) is 1. The minimum atomic E-state index is -3.72.